The van der Waals surface area contributed by atoms with Crippen molar-refractivity contribution >= 4 is 35.1 Å². The molecule has 1 saturated heterocycles. The third kappa shape index (κ3) is 2.27. The van der Waals surface area contributed by atoms with Gasteiger partial charge in [0.2, 0.25) is 0 Å². The molecule has 1 fully saturated rings. The molecule has 21 heavy (non-hydrogen) atoms. The van der Waals surface area contributed by atoms with E-state index in [4.69, 9.17) is 20.9 Å². The van der Waals surface area contributed by atoms with E-state index in [1.54, 1.807) is 12.1 Å². The SMILES string of the molecule is CC1(C)OB(c2cc3c(=O)[nH]cnc3cc2Cl)OC1(C)C. The predicted molar refractivity (Wildman–Crippen MR) is 83.1 cm³/mol. The number of nitrogens with zero attached hydrogens (tertiary/aromatic N) is 1. The highest BCUT2D eigenvalue weighted by Gasteiger charge is 2.52. The first-order chi connectivity index (χ1) is 9.71. The molecule has 3 rings (SSSR count). The molecule has 0 aliphatic carbocycles. The molecule has 0 saturated carbocycles. The van der Waals surface area contributed by atoms with Crippen LogP contribution in [0.4, 0.5) is 0 Å². The van der Waals surface area contributed by atoms with Crippen molar-refractivity contribution in [1.82, 2.24) is 9.97 Å². The lowest BCUT2D eigenvalue weighted by Crippen LogP contribution is -2.41. The number of halogens is 1. The summed E-state index contributed by atoms with van der Waals surface area (Å²) in [6, 6.07) is 3.35. The third-order valence-corrected chi connectivity index (χ3v) is 4.59. The first-order valence-electron chi connectivity index (χ1n) is 6.74. The molecule has 7 heteroatoms. The number of benzene rings is 1. The van der Waals surface area contributed by atoms with Crippen LogP contribution in [0.15, 0.2) is 23.3 Å². The molecule has 0 radical (unpaired) electrons. The molecule has 2 aromatic rings. The van der Waals surface area contributed by atoms with Crippen LogP contribution in [0.5, 0.6) is 0 Å². The summed E-state index contributed by atoms with van der Waals surface area (Å²) in [5, 5.41) is 0.936. The summed E-state index contributed by atoms with van der Waals surface area (Å²) >= 11 is 6.31. The van der Waals surface area contributed by atoms with Crippen LogP contribution in [0, 0.1) is 0 Å². The molecule has 0 atom stereocenters. The average Bonchev–Trinajstić information content (AvgIpc) is 2.58. The highest BCUT2D eigenvalue weighted by molar-refractivity contribution is 6.66. The van der Waals surface area contributed by atoms with Gasteiger partial charge in [-0.1, -0.05) is 11.6 Å². The van der Waals surface area contributed by atoms with Gasteiger partial charge in [0.1, 0.15) is 0 Å². The van der Waals surface area contributed by atoms with Crippen molar-refractivity contribution in [3.63, 3.8) is 0 Å². The summed E-state index contributed by atoms with van der Waals surface area (Å²) in [7, 11) is -0.605. The maximum Gasteiger partial charge on any atom is 0.496 e. The average molecular weight is 307 g/mol. The molecule has 1 aliphatic rings. The Kier molecular flexibility index (Phi) is 3.17. The Morgan fingerprint density at radius 2 is 1.81 bits per heavy atom. The smallest absolute Gasteiger partial charge is 0.399 e. The minimum absolute atomic E-state index is 0.213. The summed E-state index contributed by atoms with van der Waals surface area (Å²) in [4.78, 5) is 18.6. The monoisotopic (exact) mass is 306 g/mol. The summed E-state index contributed by atoms with van der Waals surface area (Å²) < 4.78 is 12.0. The van der Waals surface area contributed by atoms with Gasteiger partial charge in [-0.3, -0.25) is 4.79 Å². The van der Waals surface area contributed by atoms with Crippen molar-refractivity contribution < 1.29 is 9.31 Å². The number of aromatic nitrogens is 2. The van der Waals surface area contributed by atoms with E-state index in [-0.39, 0.29) is 5.56 Å². The molecule has 0 amide bonds. The van der Waals surface area contributed by atoms with Crippen molar-refractivity contribution in [2.45, 2.75) is 38.9 Å². The Morgan fingerprint density at radius 1 is 1.19 bits per heavy atom. The topological polar surface area (TPSA) is 64.2 Å². The summed E-state index contributed by atoms with van der Waals surface area (Å²) in [6.45, 7) is 7.87. The van der Waals surface area contributed by atoms with E-state index in [0.717, 1.165) is 0 Å². The maximum atomic E-state index is 11.9. The third-order valence-electron chi connectivity index (χ3n) is 4.27. The summed E-state index contributed by atoms with van der Waals surface area (Å²) in [5.74, 6) is 0. The van der Waals surface area contributed by atoms with Gasteiger partial charge < -0.3 is 14.3 Å². The quantitative estimate of drug-likeness (QED) is 0.817. The highest BCUT2D eigenvalue weighted by atomic mass is 35.5. The zero-order valence-corrected chi connectivity index (χ0v) is 13.1. The molecular weight excluding hydrogens is 290 g/mol. The van der Waals surface area contributed by atoms with Crippen LogP contribution < -0.4 is 11.0 Å². The molecule has 110 valence electrons. The van der Waals surface area contributed by atoms with E-state index >= 15 is 0 Å². The van der Waals surface area contributed by atoms with Gasteiger partial charge in [-0.2, -0.15) is 0 Å². The van der Waals surface area contributed by atoms with E-state index in [1.807, 2.05) is 27.7 Å². The van der Waals surface area contributed by atoms with Gasteiger partial charge in [0, 0.05) is 10.5 Å². The van der Waals surface area contributed by atoms with Gasteiger partial charge in [0.05, 0.1) is 28.4 Å². The fourth-order valence-corrected chi connectivity index (χ4v) is 2.50. The van der Waals surface area contributed by atoms with Crippen LogP contribution >= 0.6 is 11.6 Å². The van der Waals surface area contributed by atoms with Crippen LogP contribution in [-0.4, -0.2) is 28.3 Å². The number of nitrogens with one attached hydrogen (secondary N) is 1. The summed E-state index contributed by atoms with van der Waals surface area (Å²) in [5.41, 5.74) is 0.0500. The van der Waals surface area contributed by atoms with E-state index in [0.29, 0.717) is 21.4 Å². The largest absolute Gasteiger partial charge is 0.496 e. The van der Waals surface area contributed by atoms with Gasteiger partial charge >= 0.3 is 7.12 Å². The molecule has 0 spiro atoms. The highest BCUT2D eigenvalue weighted by Crippen LogP contribution is 2.37. The number of fused-ring (bicyclic) bond motifs is 1. The van der Waals surface area contributed by atoms with Crippen molar-refractivity contribution in [3.05, 3.63) is 33.8 Å². The second-order valence-electron chi connectivity index (χ2n) is 6.21. The zero-order valence-electron chi connectivity index (χ0n) is 12.4. The van der Waals surface area contributed by atoms with Gasteiger partial charge in [0.15, 0.2) is 0 Å². The second-order valence-corrected chi connectivity index (χ2v) is 6.62. The molecule has 1 N–H and O–H groups in total. The molecular formula is C14H16BClN2O3. The Bertz CT molecular complexity index is 756. The van der Waals surface area contributed by atoms with Crippen LogP contribution in [0.2, 0.25) is 5.02 Å². The fraction of sp³-hybridized carbons (Fsp3) is 0.429. The normalized spacial score (nSPS) is 20.1. The molecule has 1 aromatic heterocycles. The molecule has 5 nitrogen and oxygen atoms in total. The number of H-pyrrole nitrogens is 1. The molecule has 2 heterocycles. The van der Waals surface area contributed by atoms with Gasteiger partial charge in [-0.25, -0.2) is 4.98 Å². The number of aromatic amines is 1. The van der Waals surface area contributed by atoms with Crippen LogP contribution in [0.25, 0.3) is 10.9 Å². The minimum atomic E-state index is -0.605. The van der Waals surface area contributed by atoms with E-state index in [2.05, 4.69) is 9.97 Å². The molecule has 1 aromatic carbocycles. The van der Waals surface area contributed by atoms with Crippen LogP contribution in [-0.2, 0) is 9.31 Å². The lowest BCUT2D eigenvalue weighted by molar-refractivity contribution is 0.00578. The van der Waals surface area contributed by atoms with Crippen molar-refractivity contribution in [2.24, 2.45) is 0 Å². The van der Waals surface area contributed by atoms with Crippen LogP contribution in [0.1, 0.15) is 27.7 Å². The zero-order chi connectivity index (χ0) is 15.4. The second kappa shape index (κ2) is 4.56. The molecule has 0 bridgehead atoms. The Balaban J connectivity index is 2.12. The Hall–Kier alpha value is -1.37. The van der Waals surface area contributed by atoms with Gasteiger partial charge in [-0.05, 0) is 39.8 Å². The van der Waals surface area contributed by atoms with Crippen molar-refractivity contribution in [1.29, 1.82) is 0 Å². The van der Waals surface area contributed by atoms with E-state index in [9.17, 15) is 4.79 Å². The lowest BCUT2D eigenvalue weighted by Gasteiger charge is -2.32. The van der Waals surface area contributed by atoms with E-state index < -0.39 is 18.3 Å². The van der Waals surface area contributed by atoms with Crippen LogP contribution in [0.3, 0.4) is 0 Å². The van der Waals surface area contributed by atoms with Gasteiger partial charge in [0.25, 0.3) is 5.56 Å². The number of hydrogen-bond acceptors (Lipinski definition) is 4. The van der Waals surface area contributed by atoms with E-state index in [1.165, 1.54) is 6.33 Å². The molecule has 0 unspecified atom stereocenters. The van der Waals surface area contributed by atoms with Gasteiger partial charge in [-0.15, -0.1) is 0 Å². The Labute approximate surface area is 127 Å². The predicted octanol–water partition coefficient (Wildman–Crippen LogP) is 1.88. The lowest BCUT2D eigenvalue weighted by atomic mass is 9.78. The first kappa shape index (κ1) is 14.6. The first-order valence-corrected chi connectivity index (χ1v) is 7.11. The summed E-state index contributed by atoms with van der Waals surface area (Å²) in [6.07, 6.45) is 1.36. The minimum Gasteiger partial charge on any atom is -0.399 e. The van der Waals surface area contributed by atoms with Crippen molar-refractivity contribution in [3.8, 4) is 0 Å². The molecule has 1 aliphatic heterocycles. The van der Waals surface area contributed by atoms with Crippen molar-refractivity contribution in [2.75, 3.05) is 0 Å². The fourth-order valence-electron chi connectivity index (χ4n) is 2.26. The standard InChI is InChI=1S/C14H16BClN2O3/c1-13(2)14(3,4)21-15(20-13)9-5-8-11(6-10(9)16)17-7-18-12(8)19/h5-7H,1-4H3,(H,17,18,19). The maximum absolute atomic E-state index is 11.9. The Morgan fingerprint density at radius 3 is 2.43 bits per heavy atom. The number of hydrogen-bond donors (Lipinski definition) is 1. The number of rotatable bonds is 1.